The Morgan fingerprint density at radius 1 is 0.525 bits per heavy atom. The molecule has 0 aliphatic heterocycles. The molecule has 0 saturated carbocycles. The fourth-order valence-corrected chi connectivity index (χ4v) is 6.20. The maximum Gasteiger partial charge on any atom is 0.131 e. The SMILES string of the molecule is C=CCCOc1cccc(OCCC=C)c1-c1ccsc1-c1sccc1-c1c(OCC=C)cccc1OCC=C. The van der Waals surface area contributed by atoms with E-state index in [0.717, 1.165) is 67.8 Å². The molecule has 2 aromatic carbocycles. The summed E-state index contributed by atoms with van der Waals surface area (Å²) in [5.41, 5.74) is 3.92. The van der Waals surface area contributed by atoms with E-state index in [1.807, 2.05) is 48.6 Å². The molecule has 206 valence electrons. The average molecular weight is 571 g/mol. The van der Waals surface area contributed by atoms with E-state index >= 15 is 0 Å². The third-order valence-electron chi connectivity index (χ3n) is 5.92. The summed E-state index contributed by atoms with van der Waals surface area (Å²) in [7, 11) is 0. The Kier molecular flexibility index (Phi) is 10.8. The minimum Gasteiger partial charge on any atom is -0.492 e. The van der Waals surface area contributed by atoms with Gasteiger partial charge in [0.25, 0.3) is 0 Å². The van der Waals surface area contributed by atoms with E-state index in [1.54, 1.807) is 34.8 Å². The van der Waals surface area contributed by atoms with Crippen LogP contribution in [0.15, 0.2) is 110 Å². The van der Waals surface area contributed by atoms with Crippen molar-refractivity contribution in [2.75, 3.05) is 26.4 Å². The van der Waals surface area contributed by atoms with Gasteiger partial charge in [-0.3, -0.25) is 0 Å². The molecule has 0 radical (unpaired) electrons. The molecule has 4 nitrogen and oxygen atoms in total. The van der Waals surface area contributed by atoms with Crippen molar-refractivity contribution >= 4 is 22.7 Å². The normalized spacial score (nSPS) is 10.5. The summed E-state index contributed by atoms with van der Waals surface area (Å²) in [4.78, 5) is 2.23. The zero-order valence-electron chi connectivity index (χ0n) is 22.6. The molecule has 6 heteroatoms. The zero-order chi connectivity index (χ0) is 28.2. The smallest absolute Gasteiger partial charge is 0.131 e. The fraction of sp³-hybridized carbons (Fsp3) is 0.176. The lowest BCUT2D eigenvalue weighted by atomic mass is 9.99. The lowest BCUT2D eigenvalue weighted by Gasteiger charge is -2.18. The highest BCUT2D eigenvalue weighted by Crippen LogP contribution is 2.52. The number of benzene rings is 2. The molecule has 0 unspecified atom stereocenters. The van der Waals surface area contributed by atoms with Crippen LogP contribution in [0.4, 0.5) is 0 Å². The van der Waals surface area contributed by atoms with E-state index in [-0.39, 0.29) is 0 Å². The summed E-state index contributed by atoms with van der Waals surface area (Å²) in [5.74, 6) is 3.03. The van der Waals surface area contributed by atoms with Crippen molar-refractivity contribution in [2.45, 2.75) is 12.8 Å². The van der Waals surface area contributed by atoms with E-state index in [9.17, 15) is 0 Å². The van der Waals surface area contributed by atoms with Crippen LogP contribution >= 0.6 is 22.7 Å². The van der Waals surface area contributed by atoms with Crippen molar-refractivity contribution in [3.63, 3.8) is 0 Å². The van der Waals surface area contributed by atoms with Gasteiger partial charge in [0.1, 0.15) is 36.2 Å². The zero-order valence-corrected chi connectivity index (χ0v) is 24.2. The number of ether oxygens (including phenoxy) is 4. The Bertz CT molecular complexity index is 1380. The summed E-state index contributed by atoms with van der Waals surface area (Å²) in [6.45, 7) is 17.1. The second kappa shape index (κ2) is 15.0. The van der Waals surface area contributed by atoms with Crippen molar-refractivity contribution in [1.29, 1.82) is 0 Å². The third-order valence-corrected chi connectivity index (χ3v) is 7.92. The fourth-order valence-electron chi connectivity index (χ4n) is 4.20. The number of hydrogen-bond acceptors (Lipinski definition) is 6. The Labute approximate surface area is 245 Å². The van der Waals surface area contributed by atoms with Crippen LogP contribution in [0.1, 0.15) is 12.8 Å². The average Bonchev–Trinajstić information content (AvgIpc) is 3.65. The van der Waals surface area contributed by atoms with Crippen LogP contribution in [0.3, 0.4) is 0 Å². The minimum atomic E-state index is 0.391. The molecule has 0 spiro atoms. The van der Waals surface area contributed by atoms with Gasteiger partial charge in [-0.25, -0.2) is 0 Å². The van der Waals surface area contributed by atoms with Gasteiger partial charge in [0.05, 0.1) is 34.1 Å². The van der Waals surface area contributed by atoms with Crippen LogP contribution in [0.2, 0.25) is 0 Å². The standard InChI is InChI=1S/C34H34O4S2/c1-5-9-21-37-29-15-12-16-30(38-22-10-6-2)32(29)26-18-24-40-34(26)33-25(17-23-39-33)31-27(35-19-7-3)13-11-14-28(31)36-20-8-4/h5-8,11-18,23-24H,1-4,9-10,19-22H2. The molecule has 0 atom stereocenters. The Hall–Kier alpha value is -4.00. The molecule has 0 fully saturated rings. The number of hydrogen-bond donors (Lipinski definition) is 0. The number of thiophene rings is 2. The molecular weight excluding hydrogens is 537 g/mol. The van der Waals surface area contributed by atoms with Crippen molar-refractivity contribution in [1.82, 2.24) is 0 Å². The van der Waals surface area contributed by atoms with Crippen LogP contribution in [0.25, 0.3) is 32.0 Å². The molecule has 40 heavy (non-hydrogen) atoms. The Morgan fingerprint density at radius 2 is 0.925 bits per heavy atom. The molecule has 0 N–H and O–H groups in total. The Balaban J connectivity index is 1.86. The van der Waals surface area contributed by atoms with Crippen molar-refractivity contribution < 1.29 is 18.9 Å². The van der Waals surface area contributed by atoms with Gasteiger partial charge < -0.3 is 18.9 Å². The first-order valence-corrected chi connectivity index (χ1v) is 14.9. The first-order chi connectivity index (χ1) is 19.7. The second-order valence-corrected chi connectivity index (χ2v) is 10.5. The molecule has 2 heterocycles. The monoisotopic (exact) mass is 570 g/mol. The maximum atomic E-state index is 6.24. The highest BCUT2D eigenvalue weighted by molar-refractivity contribution is 7.21. The number of rotatable bonds is 17. The third kappa shape index (κ3) is 6.76. The van der Waals surface area contributed by atoms with E-state index in [0.29, 0.717) is 26.4 Å². The van der Waals surface area contributed by atoms with Crippen LogP contribution < -0.4 is 18.9 Å². The highest BCUT2D eigenvalue weighted by Gasteiger charge is 2.24. The molecule has 0 bridgehead atoms. The predicted molar refractivity (Wildman–Crippen MR) is 171 cm³/mol. The largest absolute Gasteiger partial charge is 0.492 e. The summed E-state index contributed by atoms with van der Waals surface area (Å²) in [6, 6.07) is 16.1. The van der Waals surface area contributed by atoms with Gasteiger partial charge in [0, 0.05) is 11.1 Å². The molecule has 4 aromatic rings. The van der Waals surface area contributed by atoms with Gasteiger partial charge in [0.15, 0.2) is 0 Å². The first kappa shape index (κ1) is 29.0. The summed E-state index contributed by atoms with van der Waals surface area (Å²) < 4.78 is 24.7. The lowest BCUT2D eigenvalue weighted by molar-refractivity contribution is 0.311. The molecule has 0 amide bonds. The topological polar surface area (TPSA) is 36.9 Å². The van der Waals surface area contributed by atoms with Crippen molar-refractivity contribution in [3.8, 4) is 55.0 Å². The summed E-state index contributed by atoms with van der Waals surface area (Å²) >= 11 is 3.37. The molecule has 2 aromatic heterocycles. The predicted octanol–water partition coefficient (Wildman–Crippen LogP) is 9.85. The quantitative estimate of drug-likeness (QED) is 0.0935. The molecule has 4 rings (SSSR count). The van der Waals surface area contributed by atoms with Gasteiger partial charge in [0.2, 0.25) is 0 Å². The maximum absolute atomic E-state index is 6.24. The van der Waals surface area contributed by atoms with Gasteiger partial charge in [-0.15, -0.1) is 35.8 Å². The van der Waals surface area contributed by atoms with E-state index in [4.69, 9.17) is 18.9 Å². The molecular formula is C34H34O4S2. The van der Waals surface area contributed by atoms with E-state index < -0.39 is 0 Å². The van der Waals surface area contributed by atoms with Crippen LogP contribution in [0.5, 0.6) is 23.0 Å². The lowest BCUT2D eigenvalue weighted by Crippen LogP contribution is -2.02. The van der Waals surface area contributed by atoms with E-state index in [1.165, 1.54) is 0 Å². The Morgan fingerprint density at radius 3 is 1.30 bits per heavy atom. The van der Waals surface area contributed by atoms with Gasteiger partial charge >= 0.3 is 0 Å². The summed E-state index contributed by atoms with van der Waals surface area (Å²) in [5, 5.41) is 4.21. The second-order valence-electron chi connectivity index (χ2n) is 8.64. The van der Waals surface area contributed by atoms with Gasteiger partial charge in [-0.1, -0.05) is 49.6 Å². The van der Waals surface area contributed by atoms with Gasteiger partial charge in [-0.2, -0.15) is 0 Å². The van der Waals surface area contributed by atoms with Crippen molar-refractivity contribution in [3.05, 3.63) is 110 Å². The van der Waals surface area contributed by atoms with Crippen LogP contribution in [0, 0.1) is 0 Å². The van der Waals surface area contributed by atoms with Gasteiger partial charge in [-0.05, 0) is 60.0 Å². The van der Waals surface area contributed by atoms with E-state index in [2.05, 4.69) is 49.2 Å². The molecule has 0 aliphatic carbocycles. The van der Waals surface area contributed by atoms with Crippen LogP contribution in [-0.2, 0) is 0 Å². The minimum absolute atomic E-state index is 0.391. The molecule has 0 saturated heterocycles. The summed E-state index contributed by atoms with van der Waals surface area (Å²) in [6.07, 6.45) is 8.70. The van der Waals surface area contributed by atoms with Crippen LogP contribution in [-0.4, -0.2) is 26.4 Å². The highest BCUT2D eigenvalue weighted by atomic mass is 32.1. The first-order valence-electron chi connectivity index (χ1n) is 13.1. The molecule has 0 aliphatic rings. The van der Waals surface area contributed by atoms with Crippen molar-refractivity contribution in [2.24, 2.45) is 0 Å².